The van der Waals surface area contributed by atoms with E-state index in [2.05, 4.69) is 10.3 Å². The van der Waals surface area contributed by atoms with Gasteiger partial charge in [-0.05, 0) is 50.4 Å². The number of carbonyl (C=O) groups is 1. The molecule has 1 aliphatic rings. The summed E-state index contributed by atoms with van der Waals surface area (Å²) in [6, 6.07) is 4.66. The first-order chi connectivity index (χ1) is 10.2. The summed E-state index contributed by atoms with van der Waals surface area (Å²) in [6.07, 6.45) is 3.84. The van der Waals surface area contributed by atoms with Crippen LogP contribution in [0.4, 0.5) is 4.39 Å². The van der Waals surface area contributed by atoms with Crippen LogP contribution in [0.15, 0.2) is 18.2 Å². The second-order valence-electron chi connectivity index (χ2n) is 5.41. The molecule has 1 aromatic carbocycles. The van der Waals surface area contributed by atoms with Crippen molar-refractivity contribution >= 4 is 5.91 Å². The van der Waals surface area contributed by atoms with E-state index in [-0.39, 0.29) is 12.4 Å². The highest BCUT2D eigenvalue weighted by Gasteiger charge is 2.25. The SMILES string of the molecule is NNC(=O)c1ccc(F)c(CN2CCCC2CCCO)c1. The molecule has 4 N–H and O–H groups in total. The predicted molar refractivity (Wildman–Crippen MR) is 77.8 cm³/mol. The summed E-state index contributed by atoms with van der Waals surface area (Å²) < 4.78 is 13.9. The zero-order chi connectivity index (χ0) is 15.2. The van der Waals surface area contributed by atoms with E-state index in [1.807, 2.05) is 0 Å². The van der Waals surface area contributed by atoms with Gasteiger partial charge in [-0.25, -0.2) is 10.2 Å². The van der Waals surface area contributed by atoms with Crippen molar-refractivity contribution in [3.8, 4) is 0 Å². The van der Waals surface area contributed by atoms with E-state index >= 15 is 0 Å². The number of likely N-dealkylation sites (tertiary alicyclic amines) is 1. The number of hydrogen-bond donors (Lipinski definition) is 3. The fraction of sp³-hybridized carbons (Fsp3) is 0.533. The standard InChI is InChI=1S/C15H22FN3O2/c16-14-6-5-11(15(21)18-17)9-12(14)10-19-7-1-3-13(19)4-2-8-20/h5-6,9,13,20H,1-4,7-8,10,17H2,(H,18,21). The first-order valence-electron chi connectivity index (χ1n) is 7.30. The Kier molecular flexibility index (Phi) is 5.67. The maximum Gasteiger partial charge on any atom is 0.265 e. The topological polar surface area (TPSA) is 78.6 Å². The average molecular weight is 295 g/mol. The number of hydrazine groups is 1. The number of nitrogens with one attached hydrogen (secondary N) is 1. The van der Waals surface area contributed by atoms with Gasteiger partial charge in [0, 0.05) is 30.3 Å². The van der Waals surface area contributed by atoms with Gasteiger partial charge in [0.25, 0.3) is 5.91 Å². The van der Waals surface area contributed by atoms with Gasteiger partial charge in [-0.2, -0.15) is 0 Å². The van der Waals surface area contributed by atoms with E-state index in [1.54, 1.807) is 6.07 Å². The summed E-state index contributed by atoms with van der Waals surface area (Å²) in [4.78, 5) is 13.7. The van der Waals surface area contributed by atoms with Crippen molar-refractivity contribution in [2.75, 3.05) is 13.2 Å². The van der Waals surface area contributed by atoms with E-state index in [0.717, 1.165) is 32.2 Å². The number of halogens is 1. The first-order valence-corrected chi connectivity index (χ1v) is 7.30. The molecule has 0 spiro atoms. The van der Waals surface area contributed by atoms with E-state index < -0.39 is 5.91 Å². The van der Waals surface area contributed by atoms with Gasteiger partial charge in [-0.15, -0.1) is 0 Å². The number of rotatable bonds is 6. The van der Waals surface area contributed by atoms with Gasteiger partial charge < -0.3 is 5.11 Å². The molecule has 1 atom stereocenters. The quantitative estimate of drug-likeness (QED) is 0.418. The number of nitrogens with zero attached hydrogens (tertiary/aromatic N) is 1. The van der Waals surface area contributed by atoms with Gasteiger partial charge in [-0.3, -0.25) is 15.1 Å². The lowest BCUT2D eigenvalue weighted by Gasteiger charge is -2.24. The van der Waals surface area contributed by atoms with Crippen molar-refractivity contribution in [2.24, 2.45) is 5.84 Å². The molecule has 1 heterocycles. The molecular formula is C15H22FN3O2. The fourth-order valence-corrected chi connectivity index (χ4v) is 2.90. The largest absolute Gasteiger partial charge is 0.396 e. The van der Waals surface area contributed by atoms with Crippen LogP contribution in [0.2, 0.25) is 0 Å². The van der Waals surface area contributed by atoms with Crippen LogP contribution in [-0.4, -0.2) is 35.1 Å². The maximum atomic E-state index is 13.9. The molecule has 0 aliphatic carbocycles. The van der Waals surface area contributed by atoms with Crippen molar-refractivity contribution in [1.29, 1.82) is 0 Å². The smallest absolute Gasteiger partial charge is 0.265 e. The van der Waals surface area contributed by atoms with Gasteiger partial charge in [0.05, 0.1) is 0 Å². The molecule has 1 fully saturated rings. The predicted octanol–water partition coefficient (Wildman–Crippen LogP) is 1.17. The number of nitrogens with two attached hydrogens (primary N) is 1. The van der Waals surface area contributed by atoms with E-state index in [9.17, 15) is 9.18 Å². The van der Waals surface area contributed by atoms with Gasteiger partial charge in [-0.1, -0.05) is 0 Å². The molecule has 0 aromatic heterocycles. The summed E-state index contributed by atoms with van der Waals surface area (Å²) in [5.74, 6) is 4.37. The third kappa shape index (κ3) is 4.00. The second kappa shape index (κ2) is 7.49. The van der Waals surface area contributed by atoms with Crippen LogP contribution in [-0.2, 0) is 6.54 Å². The molecule has 0 bridgehead atoms. The third-order valence-electron chi connectivity index (χ3n) is 4.01. The fourth-order valence-electron chi connectivity index (χ4n) is 2.90. The molecule has 5 nitrogen and oxygen atoms in total. The highest BCUT2D eigenvalue weighted by Crippen LogP contribution is 2.24. The lowest BCUT2D eigenvalue weighted by Crippen LogP contribution is -2.31. The molecule has 1 saturated heterocycles. The molecule has 1 unspecified atom stereocenters. The Labute approximate surface area is 123 Å². The number of benzene rings is 1. The Morgan fingerprint density at radius 3 is 3.05 bits per heavy atom. The number of aliphatic hydroxyl groups is 1. The van der Waals surface area contributed by atoms with Crippen molar-refractivity contribution < 1.29 is 14.3 Å². The lowest BCUT2D eigenvalue weighted by molar-refractivity contribution is 0.0953. The van der Waals surface area contributed by atoms with Crippen molar-refractivity contribution in [3.63, 3.8) is 0 Å². The molecule has 0 saturated carbocycles. The third-order valence-corrected chi connectivity index (χ3v) is 4.01. The minimum absolute atomic E-state index is 0.185. The van der Waals surface area contributed by atoms with Crippen LogP contribution in [0.25, 0.3) is 0 Å². The van der Waals surface area contributed by atoms with Gasteiger partial charge >= 0.3 is 0 Å². The maximum absolute atomic E-state index is 13.9. The van der Waals surface area contributed by atoms with E-state index in [4.69, 9.17) is 10.9 Å². The van der Waals surface area contributed by atoms with Gasteiger partial charge in [0.15, 0.2) is 0 Å². The first kappa shape index (κ1) is 15.9. The second-order valence-corrected chi connectivity index (χ2v) is 5.41. The Balaban J connectivity index is 2.09. The molecule has 6 heteroatoms. The molecule has 1 aromatic rings. The number of carbonyl (C=O) groups excluding carboxylic acids is 1. The Hall–Kier alpha value is -1.50. The Morgan fingerprint density at radius 1 is 1.52 bits per heavy atom. The molecule has 116 valence electrons. The van der Waals surface area contributed by atoms with E-state index in [0.29, 0.717) is 23.7 Å². The molecule has 21 heavy (non-hydrogen) atoms. The number of amides is 1. The molecule has 0 radical (unpaired) electrons. The minimum atomic E-state index is -0.422. The summed E-state index contributed by atoms with van der Waals surface area (Å²) in [6.45, 7) is 1.58. The normalized spacial score (nSPS) is 18.9. The average Bonchev–Trinajstić information content (AvgIpc) is 2.93. The number of hydrogen-bond acceptors (Lipinski definition) is 4. The molecule has 1 aliphatic heterocycles. The van der Waals surface area contributed by atoms with Crippen molar-refractivity contribution in [2.45, 2.75) is 38.3 Å². The summed E-state index contributed by atoms with van der Waals surface area (Å²) >= 11 is 0. The summed E-state index contributed by atoms with van der Waals surface area (Å²) in [5.41, 5.74) is 2.92. The number of nitrogen functional groups attached to an aromatic ring is 1. The van der Waals surface area contributed by atoms with Crippen LogP contribution < -0.4 is 11.3 Å². The summed E-state index contributed by atoms with van der Waals surface area (Å²) in [5, 5.41) is 8.94. The van der Waals surface area contributed by atoms with Crippen LogP contribution in [0.3, 0.4) is 0 Å². The van der Waals surface area contributed by atoms with Crippen LogP contribution in [0, 0.1) is 5.82 Å². The lowest BCUT2D eigenvalue weighted by atomic mass is 10.1. The molecular weight excluding hydrogens is 273 g/mol. The minimum Gasteiger partial charge on any atom is -0.396 e. The van der Waals surface area contributed by atoms with Crippen molar-refractivity contribution in [1.82, 2.24) is 10.3 Å². The zero-order valence-electron chi connectivity index (χ0n) is 12.0. The Bertz CT molecular complexity index is 496. The molecule has 2 rings (SSSR count). The monoisotopic (exact) mass is 295 g/mol. The zero-order valence-corrected chi connectivity index (χ0v) is 12.0. The van der Waals surface area contributed by atoms with Crippen LogP contribution >= 0.6 is 0 Å². The van der Waals surface area contributed by atoms with Crippen LogP contribution in [0.5, 0.6) is 0 Å². The highest BCUT2D eigenvalue weighted by molar-refractivity contribution is 5.93. The van der Waals surface area contributed by atoms with Crippen molar-refractivity contribution in [3.05, 3.63) is 35.1 Å². The van der Waals surface area contributed by atoms with Crippen LogP contribution in [0.1, 0.15) is 41.6 Å². The number of aliphatic hydroxyl groups excluding tert-OH is 1. The Morgan fingerprint density at radius 2 is 2.33 bits per heavy atom. The highest BCUT2D eigenvalue weighted by atomic mass is 19.1. The summed E-state index contributed by atoms with van der Waals surface area (Å²) in [7, 11) is 0. The molecule has 1 amide bonds. The van der Waals surface area contributed by atoms with Gasteiger partial charge in [0.1, 0.15) is 5.82 Å². The van der Waals surface area contributed by atoms with E-state index in [1.165, 1.54) is 12.1 Å². The van der Waals surface area contributed by atoms with Gasteiger partial charge in [0.2, 0.25) is 0 Å².